The lowest BCUT2D eigenvalue weighted by molar-refractivity contribution is 0.110. The maximum absolute atomic E-state index is 6.27. The molecule has 0 unspecified atom stereocenters. The van der Waals surface area contributed by atoms with Crippen molar-refractivity contribution in [2.24, 2.45) is 0 Å². The molecule has 1 N–H and O–H groups in total. The summed E-state index contributed by atoms with van der Waals surface area (Å²) in [7, 11) is 0. The average Bonchev–Trinajstić information content (AvgIpc) is 3.16. The molecule has 1 aliphatic rings. The number of ether oxygens (including phenoxy) is 3. The first-order valence-corrected chi connectivity index (χ1v) is 10.1. The summed E-state index contributed by atoms with van der Waals surface area (Å²) in [5.41, 5.74) is 1.93. The predicted octanol–water partition coefficient (Wildman–Crippen LogP) is 5.24. The molecule has 3 rings (SSSR count). The summed E-state index contributed by atoms with van der Waals surface area (Å²) in [5.74, 6) is 1.48. The van der Waals surface area contributed by atoms with Crippen molar-refractivity contribution in [2.45, 2.75) is 39.0 Å². The van der Waals surface area contributed by atoms with Gasteiger partial charge in [-0.3, -0.25) is 0 Å². The van der Waals surface area contributed by atoms with E-state index in [0.717, 1.165) is 48.6 Å². The van der Waals surface area contributed by atoms with Crippen molar-refractivity contribution in [3.8, 4) is 11.5 Å². The quantitative estimate of drug-likeness (QED) is 0.614. The fourth-order valence-corrected chi connectivity index (χ4v) is 3.56. The highest BCUT2D eigenvalue weighted by atomic mass is 35.5. The minimum atomic E-state index is 0.303. The van der Waals surface area contributed by atoms with Crippen molar-refractivity contribution < 1.29 is 14.2 Å². The van der Waals surface area contributed by atoms with Crippen LogP contribution in [0.1, 0.15) is 30.9 Å². The van der Waals surface area contributed by atoms with Crippen molar-refractivity contribution in [1.29, 1.82) is 0 Å². The van der Waals surface area contributed by atoms with E-state index in [9.17, 15) is 0 Å². The lowest BCUT2D eigenvalue weighted by Gasteiger charge is -2.18. The summed E-state index contributed by atoms with van der Waals surface area (Å²) < 4.78 is 17.6. The van der Waals surface area contributed by atoms with Gasteiger partial charge in [0.1, 0.15) is 6.61 Å². The van der Waals surface area contributed by atoms with Gasteiger partial charge in [0.2, 0.25) is 0 Å². The Labute approximate surface area is 170 Å². The SMILES string of the molecule is CCOc1cccc(CNC[C@@H]2CCCO2)c1OCc1ccc(Cl)cc1Cl. The molecule has 2 aromatic carbocycles. The molecule has 1 saturated heterocycles. The van der Waals surface area contributed by atoms with Gasteiger partial charge in [-0.05, 0) is 38.0 Å². The maximum atomic E-state index is 6.27. The summed E-state index contributed by atoms with van der Waals surface area (Å²) in [6.07, 6.45) is 2.56. The normalized spacial score (nSPS) is 16.5. The first-order valence-electron chi connectivity index (χ1n) is 9.31. The van der Waals surface area contributed by atoms with Crippen LogP contribution in [0.4, 0.5) is 0 Å². The maximum Gasteiger partial charge on any atom is 0.166 e. The highest BCUT2D eigenvalue weighted by Crippen LogP contribution is 2.33. The molecule has 1 heterocycles. The Bertz CT molecular complexity index is 748. The Morgan fingerprint density at radius 1 is 1.15 bits per heavy atom. The third kappa shape index (κ3) is 5.76. The van der Waals surface area contributed by atoms with Crippen LogP contribution < -0.4 is 14.8 Å². The molecule has 0 saturated carbocycles. The Balaban J connectivity index is 1.69. The van der Waals surface area contributed by atoms with Crippen molar-refractivity contribution in [1.82, 2.24) is 5.32 Å². The fourth-order valence-electron chi connectivity index (χ4n) is 3.10. The molecule has 27 heavy (non-hydrogen) atoms. The lowest BCUT2D eigenvalue weighted by Crippen LogP contribution is -2.26. The van der Waals surface area contributed by atoms with Crippen LogP contribution in [0.3, 0.4) is 0 Å². The zero-order valence-corrected chi connectivity index (χ0v) is 17.0. The summed E-state index contributed by atoms with van der Waals surface area (Å²) in [5, 5.41) is 4.67. The molecule has 1 atom stereocenters. The van der Waals surface area contributed by atoms with Crippen LogP contribution in [0.15, 0.2) is 36.4 Å². The van der Waals surface area contributed by atoms with Gasteiger partial charge in [-0.2, -0.15) is 0 Å². The van der Waals surface area contributed by atoms with E-state index < -0.39 is 0 Å². The Morgan fingerprint density at radius 2 is 2.04 bits per heavy atom. The van der Waals surface area contributed by atoms with E-state index >= 15 is 0 Å². The second-order valence-corrected chi connectivity index (χ2v) is 7.31. The Kier molecular flexibility index (Phi) is 7.65. The van der Waals surface area contributed by atoms with Gasteiger partial charge >= 0.3 is 0 Å². The predicted molar refractivity (Wildman–Crippen MR) is 109 cm³/mol. The fraction of sp³-hybridized carbons (Fsp3) is 0.429. The van der Waals surface area contributed by atoms with E-state index in [1.165, 1.54) is 0 Å². The van der Waals surface area contributed by atoms with E-state index in [-0.39, 0.29) is 0 Å². The van der Waals surface area contributed by atoms with Gasteiger partial charge < -0.3 is 19.5 Å². The summed E-state index contributed by atoms with van der Waals surface area (Å²) >= 11 is 12.2. The second-order valence-electron chi connectivity index (χ2n) is 6.47. The first kappa shape index (κ1) is 20.3. The number of hydrogen-bond donors (Lipinski definition) is 1. The Hall–Kier alpha value is -1.46. The number of hydrogen-bond acceptors (Lipinski definition) is 4. The van der Waals surface area contributed by atoms with E-state index in [1.54, 1.807) is 6.07 Å². The highest BCUT2D eigenvalue weighted by Gasteiger charge is 2.16. The van der Waals surface area contributed by atoms with Crippen LogP contribution in [0, 0.1) is 0 Å². The van der Waals surface area contributed by atoms with E-state index in [2.05, 4.69) is 5.32 Å². The minimum absolute atomic E-state index is 0.303. The van der Waals surface area contributed by atoms with Gasteiger partial charge in [-0.15, -0.1) is 0 Å². The number of para-hydroxylation sites is 1. The second kappa shape index (κ2) is 10.2. The molecule has 2 aromatic rings. The number of rotatable bonds is 9. The topological polar surface area (TPSA) is 39.7 Å². The van der Waals surface area contributed by atoms with Crippen molar-refractivity contribution in [3.63, 3.8) is 0 Å². The first-order chi connectivity index (χ1) is 13.2. The number of nitrogens with one attached hydrogen (secondary N) is 1. The summed E-state index contributed by atoms with van der Waals surface area (Å²) in [4.78, 5) is 0. The van der Waals surface area contributed by atoms with Gasteiger partial charge in [0.05, 0.1) is 12.7 Å². The van der Waals surface area contributed by atoms with Crippen LogP contribution >= 0.6 is 23.2 Å². The molecular formula is C21H25Cl2NO3. The van der Waals surface area contributed by atoms with E-state index in [0.29, 0.717) is 35.9 Å². The summed E-state index contributed by atoms with van der Waals surface area (Å²) in [6, 6.07) is 11.4. The van der Waals surface area contributed by atoms with Crippen LogP contribution in [0.2, 0.25) is 10.0 Å². The molecule has 6 heteroatoms. The van der Waals surface area contributed by atoms with Crippen LogP contribution in [-0.4, -0.2) is 25.9 Å². The van der Waals surface area contributed by atoms with Crippen molar-refractivity contribution in [3.05, 3.63) is 57.6 Å². The molecule has 146 valence electrons. The molecule has 0 amide bonds. The van der Waals surface area contributed by atoms with Gasteiger partial charge in [0, 0.05) is 40.9 Å². The van der Waals surface area contributed by atoms with Crippen LogP contribution in [0.5, 0.6) is 11.5 Å². The Morgan fingerprint density at radius 3 is 2.78 bits per heavy atom. The molecule has 0 aliphatic carbocycles. The average molecular weight is 410 g/mol. The third-order valence-corrected chi connectivity index (χ3v) is 5.05. The van der Waals surface area contributed by atoms with Crippen molar-refractivity contribution >= 4 is 23.2 Å². The molecule has 0 spiro atoms. The zero-order valence-electron chi connectivity index (χ0n) is 15.5. The van der Waals surface area contributed by atoms with Gasteiger partial charge in [-0.25, -0.2) is 0 Å². The molecule has 0 radical (unpaired) electrons. The zero-order chi connectivity index (χ0) is 19.1. The monoisotopic (exact) mass is 409 g/mol. The minimum Gasteiger partial charge on any atom is -0.490 e. The molecule has 4 nitrogen and oxygen atoms in total. The number of halogens is 2. The van der Waals surface area contributed by atoms with E-state index in [1.807, 2.05) is 37.3 Å². The summed E-state index contributed by atoms with van der Waals surface area (Å²) in [6.45, 7) is 5.26. The smallest absolute Gasteiger partial charge is 0.166 e. The van der Waals surface area contributed by atoms with Gasteiger partial charge in [0.15, 0.2) is 11.5 Å². The lowest BCUT2D eigenvalue weighted by atomic mass is 10.1. The van der Waals surface area contributed by atoms with Crippen molar-refractivity contribution in [2.75, 3.05) is 19.8 Å². The third-order valence-electron chi connectivity index (χ3n) is 4.46. The van der Waals surface area contributed by atoms with E-state index in [4.69, 9.17) is 37.4 Å². The molecule has 0 aromatic heterocycles. The van der Waals surface area contributed by atoms with Gasteiger partial charge in [0.25, 0.3) is 0 Å². The van der Waals surface area contributed by atoms with Crippen LogP contribution in [0.25, 0.3) is 0 Å². The largest absolute Gasteiger partial charge is 0.490 e. The van der Waals surface area contributed by atoms with Crippen LogP contribution in [-0.2, 0) is 17.9 Å². The molecule has 1 aliphatic heterocycles. The molecule has 0 bridgehead atoms. The van der Waals surface area contributed by atoms with Gasteiger partial charge in [-0.1, -0.05) is 41.4 Å². The standard InChI is InChI=1S/C21H25Cl2NO3/c1-2-25-20-7-3-5-15(12-24-13-18-6-4-10-26-18)21(20)27-14-16-8-9-17(22)11-19(16)23/h3,5,7-9,11,18,24H,2,4,6,10,12-14H2,1H3/t18-/m0/s1. The highest BCUT2D eigenvalue weighted by molar-refractivity contribution is 6.35. The number of benzene rings is 2. The molecule has 1 fully saturated rings. The molecular weight excluding hydrogens is 385 g/mol.